The fourth-order valence-corrected chi connectivity index (χ4v) is 0.610. The smallest absolute Gasteiger partial charge is 0.305 e. The van der Waals surface area contributed by atoms with Crippen molar-refractivity contribution in [2.45, 2.75) is 25.9 Å². The summed E-state index contributed by atoms with van der Waals surface area (Å²) in [5.41, 5.74) is 0. The third-order valence-corrected chi connectivity index (χ3v) is 1.17. The highest BCUT2D eigenvalue weighted by molar-refractivity contribution is 5.69. The summed E-state index contributed by atoms with van der Waals surface area (Å²) in [6.45, 7) is 1.63. The summed E-state index contributed by atoms with van der Waals surface area (Å²) in [6.07, 6.45) is 0.182. The molecular formula is C7H14NO4. The van der Waals surface area contributed by atoms with Gasteiger partial charge in [0.25, 0.3) is 0 Å². The van der Waals surface area contributed by atoms with E-state index in [9.17, 15) is 4.79 Å². The summed E-state index contributed by atoms with van der Waals surface area (Å²) in [5, 5.41) is 8.94. The first-order chi connectivity index (χ1) is 5.70. The zero-order valence-electron chi connectivity index (χ0n) is 7.08. The van der Waals surface area contributed by atoms with Gasteiger partial charge in [0.05, 0.1) is 6.61 Å². The van der Waals surface area contributed by atoms with E-state index in [1.807, 2.05) is 6.92 Å². The van der Waals surface area contributed by atoms with Gasteiger partial charge in [0, 0.05) is 6.42 Å². The van der Waals surface area contributed by atoms with Crippen molar-refractivity contribution in [3.05, 3.63) is 0 Å². The number of nitrogens with one attached hydrogen (secondary N) is 1. The molecule has 0 saturated heterocycles. The number of aliphatic hydroxyl groups is 1. The molecule has 0 aromatic heterocycles. The van der Waals surface area contributed by atoms with Gasteiger partial charge in [-0.25, -0.2) is 0 Å². The Morgan fingerprint density at radius 2 is 2.25 bits per heavy atom. The van der Waals surface area contributed by atoms with E-state index in [1.54, 1.807) is 0 Å². The van der Waals surface area contributed by atoms with E-state index in [1.165, 1.54) is 0 Å². The van der Waals surface area contributed by atoms with Crippen LogP contribution in [0.2, 0.25) is 0 Å². The molecule has 0 heterocycles. The lowest BCUT2D eigenvalue weighted by Crippen LogP contribution is -2.23. The molecule has 0 rings (SSSR count). The van der Waals surface area contributed by atoms with Gasteiger partial charge < -0.3 is 9.84 Å². The lowest BCUT2D eigenvalue weighted by atomic mass is 10.3. The van der Waals surface area contributed by atoms with Gasteiger partial charge in [-0.05, 0) is 6.42 Å². The van der Waals surface area contributed by atoms with Gasteiger partial charge >= 0.3 is 5.97 Å². The van der Waals surface area contributed by atoms with Crippen LogP contribution < -0.4 is 5.90 Å². The first kappa shape index (κ1) is 11.4. The largest absolute Gasteiger partial charge is 0.463 e. The molecule has 0 saturated carbocycles. The van der Waals surface area contributed by atoms with Crippen LogP contribution in [0.4, 0.5) is 0 Å². The molecule has 5 nitrogen and oxygen atoms in total. The van der Waals surface area contributed by atoms with Crippen LogP contribution in [0.5, 0.6) is 0 Å². The lowest BCUT2D eigenvalue weighted by molar-refractivity contribution is -0.148. The van der Waals surface area contributed by atoms with E-state index in [0.29, 0.717) is 6.42 Å². The Kier molecular flexibility index (Phi) is 6.64. The molecule has 0 aliphatic carbocycles. The van der Waals surface area contributed by atoms with Gasteiger partial charge in [0.2, 0.25) is 0 Å². The van der Waals surface area contributed by atoms with E-state index in [4.69, 9.17) is 11.0 Å². The molecule has 12 heavy (non-hydrogen) atoms. The molecule has 5 heteroatoms. The van der Waals surface area contributed by atoms with E-state index in [2.05, 4.69) is 9.57 Å². The molecule has 0 aromatic carbocycles. The van der Waals surface area contributed by atoms with Crippen LogP contribution in [0.15, 0.2) is 0 Å². The maximum absolute atomic E-state index is 10.7. The van der Waals surface area contributed by atoms with Crippen molar-refractivity contribution in [3.63, 3.8) is 0 Å². The van der Waals surface area contributed by atoms with Crippen molar-refractivity contribution in [1.82, 2.24) is 5.90 Å². The molecule has 0 fully saturated rings. The first-order valence-electron chi connectivity index (χ1n) is 3.83. The fourth-order valence-electron chi connectivity index (χ4n) is 0.610. The van der Waals surface area contributed by atoms with Gasteiger partial charge in [-0.1, -0.05) is 6.92 Å². The maximum Gasteiger partial charge on any atom is 0.305 e. The summed E-state index contributed by atoms with van der Waals surface area (Å²) in [6, 6.07) is 0. The van der Waals surface area contributed by atoms with Gasteiger partial charge in [-0.15, -0.1) is 5.90 Å². The van der Waals surface area contributed by atoms with Crippen molar-refractivity contribution < 1.29 is 19.5 Å². The molecule has 0 amide bonds. The summed E-state index contributed by atoms with van der Waals surface area (Å²) in [7, 11) is 0. The van der Waals surface area contributed by atoms with E-state index in [0.717, 1.165) is 6.42 Å². The Labute approximate surface area is 71.4 Å². The Bertz CT molecular complexity index is 129. The quantitative estimate of drug-likeness (QED) is 0.453. The number of esters is 1. The third-order valence-electron chi connectivity index (χ3n) is 1.17. The van der Waals surface area contributed by atoms with Gasteiger partial charge in [-0.3, -0.25) is 9.63 Å². The number of aliphatic hydroxyl groups excluding tert-OH is 1. The first-order valence-corrected chi connectivity index (χ1v) is 3.83. The van der Waals surface area contributed by atoms with Gasteiger partial charge in [-0.2, -0.15) is 0 Å². The number of carbonyl (C=O) groups is 1. The van der Waals surface area contributed by atoms with Crippen LogP contribution >= 0.6 is 0 Å². The average molecular weight is 176 g/mol. The molecule has 1 atom stereocenters. The minimum atomic E-state index is -0.900. The summed E-state index contributed by atoms with van der Waals surface area (Å²) >= 11 is 0. The number of hydrogen-bond donors (Lipinski definition) is 1. The highest BCUT2D eigenvalue weighted by Gasteiger charge is 2.07. The summed E-state index contributed by atoms with van der Waals surface area (Å²) < 4.78 is 4.64. The predicted molar refractivity (Wildman–Crippen MR) is 40.9 cm³/mol. The van der Waals surface area contributed by atoms with Gasteiger partial charge in [0.1, 0.15) is 12.7 Å². The third kappa shape index (κ3) is 6.09. The molecule has 0 aliphatic heterocycles. The SMILES string of the molecule is CCCC(=O)OCC(O)CO[NH]. The minimum Gasteiger partial charge on any atom is -0.463 e. The Morgan fingerprint density at radius 1 is 1.58 bits per heavy atom. The van der Waals surface area contributed by atoms with Crippen LogP contribution in [0.3, 0.4) is 0 Å². The molecule has 2 N–H and O–H groups in total. The van der Waals surface area contributed by atoms with Crippen molar-refractivity contribution >= 4 is 5.97 Å². The van der Waals surface area contributed by atoms with Crippen molar-refractivity contribution in [2.75, 3.05) is 13.2 Å². The van der Waals surface area contributed by atoms with Crippen LogP contribution in [0.25, 0.3) is 0 Å². The Morgan fingerprint density at radius 3 is 2.75 bits per heavy atom. The highest BCUT2D eigenvalue weighted by atomic mass is 16.6. The average Bonchev–Trinajstić information content (AvgIpc) is 2.02. The lowest BCUT2D eigenvalue weighted by Gasteiger charge is -2.08. The molecule has 0 aromatic rings. The number of ether oxygens (including phenoxy) is 1. The molecule has 0 bridgehead atoms. The Hall–Kier alpha value is -0.650. The normalized spacial score (nSPS) is 12.6. The maximum atomic E-state index is 10.7. The van der Waals surface area contributed by atoms with Crippen molar-refractivity contribution in [3.8, 4) is 0 Å². The predicted octanol–water partition coefficient (Wildman–Crippen LogP) is -0.0949. The Balaban J connectivity index is 3.33. The second kappa shape index (κ2) is 7.02. The summed E-state index contributed by atoms with van der Waals surface area (Å²) in [4.78, 5) is 14.6. The minimum absolute atomic E-state index is 0.0995. The zero-order valence-corrected chi connectivity index (χ0v) is 7.08. The van der Waals surface area contributed by atoms with Crippen LogP contribution in [-0.2, 0) is 14.4 Å². The second-order valence-electron chi connectivity index (χ2n) is 2.40. The van der Waals surface area contributed by atoms with E-state index >= 15 is 0 Å². The number of hydrogen-bond acceptors (Lipinski definition) is 4. The topological polar surface area (TPSA) is 79.6 Å². The number of rotatable bonds is 6. The van der Waals surface area contributed by atoms with Crippen LogP contribution in [-0.4, -0.2) is 30.4 Å². The molecule has 1 unspecified atom stereocenters. The summed E-state index contributed by atoms with van der Waals surface area (Å²) in [5.74, 6) is 5.97. The van der Waals surface area contributed by atoms with E-state index < -0.39 is 6.10 Å². The van der Waals surface area contributed by atoms with Crippen molar-refractivity contribution in [1.29, 1.82) is 0 Å². The molecule has 0 spiro atoms. The van der Waals surface area contributed by atoms with Crippen molar-refractivity contribution in [2.24, 2.45) is 0 Å². The molecular weight excluding hydrogens is 162 g/mol. The highest BCUT2D eigenvalue weighted by Crippen LogP contribution is 1.93. The van der Waals surface area contributed by atoms with E-state index in [-0.39, 0.29) is 19.2 Å². The molecule has 0 aliphatic rings. The zero-order chi connectivity index (χ0) is 9.40. The van der Waals surface area contributed by atoms with Crippen LogP contribution in [0, 0.1) is 0 Å². The standard InChI is InChI=1S/C7H14NO4/c1-2-3-7(10)11-4-6(9)5-12-8/h6,8-9H,2-5H2,1H3. The monoisotopic (exact) mass is 176 g/mol. The van der Waals surface area contributed by atoms with Crippen LogP contribution in [0.1, 0.15) is 19.8 Å². The number of carbonyl (C=O) groups excluding carboxylic acids is 1. The second-order valence-corrected chi connectivity index (χ2v) is 2.40. The fraction of sp³-hybridized carbons (Fsp3) is 0.857. The van der Waals surface area contributed by atoms with Gasteiger partial charge in [0.15, 0.2) is 0 Å². The molecule has 71 valence electrons. The molecule has 1 radical (unpaired) electrons.